The molecule has 3 aromatic rings. The Morgan fingerprint density at radius 3 is 2.83 bits per heavy atom. The van der Waals surface area contributed by atoms with Crippen LogP contribution in [0.25, 0.3) is 11.6 Å². The van der Waals surface area contributed by atoms with E-state index < -0.39 is 15.8 Å². The third-order valence-electron chi connectivity index (χ3n) is 5.23. The number of ether oxygens (including phenoxy) is 2. The molecule has 1 aromatic heterocycles. The van der Waals surface area contributed by atoms with E-state index in [4.69, 9.17) is 37.8 Å². The molecule has 11 heteroatoms. The number of aliphatic hydroxyl groups is 1. The number of allylic oxidation sites excluding steroid dienone is 1. The third kappa shape index (κ3) is 5.23. The predicted molar refractivity (Wildman–Crippen MR) is 133 cm³/mol. The van der Waals surface area contributed by atoms with Gasteiger partial charge in [0, 0.05) is 11.8 Å². The van der Waals surface area contributed by atoms with Gasteiger partial charge in [-0.05, 0) is 48.4 Å². The van der Waals surface area contributed by atoms with Crippen LogP contribution in [0.2, 0.25) is 10.0 Å². The summed E-state index contributed by atoms with van der Waals surface area (Å²) in [4.78, 5) is 3.75. The quantitative estimate of drug-likeness (QED) is 0.423. The van der Waals surface area contributed by atoms with Crippen molar-refractivity contribution in [2.75, 3.05) is 30.7 Å². The van der Waals surface area contributed by atoms with Crippen molar-refractivity contribution in [1.82, 2.24) is 4.98 Å². The Kier molecular flexibility index (Phi) is 7.51. The van der Waals surface area contributed by atoms with Gasteiger partial charge in [-0.15, -0.1) is 0 Å². The van der Waals surface area contributed by atoms with Gasteiger partial charge < -0.3 is 14.6 Å². The van der Waals surface area contributed by atoms with Crippen molar-refractivity contribution >= 4 is 50.6 Å². The topological polar surface area (TPSA) is 89.0 Å². The molecule has 7 nitrogen and oxygen atoms in total. The van der Waals surface area contributed by atoms with E-state index >= 15 is 0 Å². The maximum atomic E-state index is 14.4. The summed E-state index contributed by atoms with van der Waals surface area (Å²) in [6.45, 7) is 1.44. The molecule has 0 unspecified atom stereocenters. The summed E-state index contributed by atoms with van der Waals surface area (Å²) in [5, 5.41) is 9.47. The lowest BCUT2D eigenvalue weighted by Gasteiger charge is -2.31. The van der Waals surface area contributed by atoms with E-state index in [0.717, 1.165) is 0 Å². The molecular formula is C24H21Cl2FN2O5S. The van der Waals surface area contributed by atoms with Crippen molar-refractivity contribution in [2.24, 2.45) is 0 Å². The highest BCUT2D eigenvalue weighted by atomic mass is 35.5. The fraction of sp³-hybridized carbons (Fsp3) is 0.208. The van der Waals surface area contributed by atoms with Crippen LogP contribution in [0.5, 0.6) is 11.6 Å². The SMILES string of the molecule is C/C(=C\c1ccc2c(c1)N(S(=O)(=O)c1cc(Cl)cnc1OCCO)CCO2)c1c(F)cccc1Cl. The van der Waals surface area contributed by atoms with Crippen LogP contribution >= 0.6 is 23.2 Å². The van der Waals surface area contributed by atoms with Gasteiger partial charge in [0.1, 0.15) is 24.8 Å². The average molecular weight is 539 g/mol. The molecule has 0 bridgehead atoms. The van der Waals surface area contributed by atoms with E-state index in [0.29, 0.717) is 22.6 Å². The van der Waals surface area contributed by atoms with Crippen LogP contribution in [0.1, 0.15) is 18.1 Å². The number of halogens is 3. The minimum Gasteiger partial charge on any atom is -0.489 e. The molecule has 4 rings (SSSR count). The van der Waals surface area contributed by atoms with Crippen molar-refractivity contribution in [3.63, 3.8) is 0 Å². The molecule has 1 aliphatic rings. The smallest absolute Gasteiger partial charge is 0.270 e. The first kappa shape index (κ1) is 25.2. The molecule has 1 aliphatic heterocycles. The largest absolute Gasteiger partial charge is 0.489 e. The number of fused-ring (bicyclic) bond motifs is 1. The number of benzene rings is 2. The van der Waals surface area contributed by atoms with E-state index in [1.54, 1.807) is 37.3 Å². The molecule has 184 valence electrons. The minimum absolute atomic E-state index is 0.0343. The van der Waals surface area contributed by atoms with Gasteiger partial charge in [0.15, 0.2) is 4.90 Å². The Balaban J connectivity index is 1.77. The van der Waals surface area contributed by atoms with E-state index in [2.05, 4.69) is 4.98 Å². The van der Waals surface area contributed by atoms with Gasteiger partial charge in [0.05, 0.1) is 28.9 Å². The number of aliphatic hydroxyl groups excluding tert-OH is 1. The first-order valence-corrected chi connectivity index (χ1v) is 12.7. The summed E-state index contributed by atoms with van der Waals surface area (Å²) in [6.07, 6.45) is 2.97. The lowest BCUT2D eigenvalue weighted by atomic mass is 10.0. The van der Waals surface area contributed by atoms with Crippen LogP contribution in [0.15, 0.2) is 53.6 Å². The molecule has 0 saturated heterocycles. The molecule has 0 amide bonds. The maximum Gasteiger partial charge on any atom is 0.270 e. The number of hydrogen-bond acceptors (Lipinski definition) is 6. The predicted octanol–water partition coefficient (Wildman–Crippen LogP) is 5.05. The van der Waals surface area contributed by atoms with E-state index in [9.17, 15) is 12.8 Å². The van der Waals surface area contributed by atoms with Crippen LogP contribution in [-0.4, -0.2) is 44.9 Å². The maximum absolute atomic E-state index is 14.4. The van der Waals surface area contributed by atoms with Gasteiger partial charge in [0.2, 0.25) is 5.88 Å². The number of hydrogen-bond donors (Lipinski definition) is 1. The molecule has 1 N–H and O–H groups in total. The molecule has 2 heterocycles. The van der Waals surface area contributed by atoms with Crippen molar-refractivity contribution in [1.29, 1.82) is 0 Å². The van der Waals surface area contributed by atoms with Crippen LogP contribution < -0.4 is 13.8 Å². The Morgan fingerprint density at radius 2 is 2.09 bits per heavy atom. The molecule has 35 heavy (non-hydrogen) atoms. The van der Waals surface area contributed by atoms with Crippen LogP contribution in [-0.2, 0) is 10.0 Å². The van der Waals surface area contributed by atoms with Gasteiger partial charge in [-0.25, -0.2) is 17.8 Å². The van der Waals surface area contributed by atoms with Gasteiger partial charge >= 0.3 is 0 Å². The third-order valence-corrected chi connectivity index (χ3v) is 7.56. The van der Waals surface area contributed by atoms with E-state index in [1.165, 1.54) is 28.7 Å². The summed E-state index contributed by atoms with van der Waals surface area (Å²) in [5.74, 6) is -0.260. The van der Waals surface area contributed by atoms with Crippen molar-refractivity contribution < 1.29 is 27.4 Å². The molecule has 0 fully saturated rings. The standard InChI is InChI=1S/C24H21Cl2FN2O5S/c1-15(23-18(26)3-2-4-19(23)27)11-16-5-6-21-20(12-16)29(7-9-33-21)35(31,32)22-13-17(25)14-28-24(22)34-10-8-30/h2-6,11-14,30H,7-10H2,1H3/b15-11+. The van der Waals surface area contributed by atoms with Crippen molar-refractivity contribution in [2.45, 2.75) is 11.8 Å². The number of nitrogens with zero attached hydrogens (tertiary/aromatic N) is 2. The fourth-order valence-electron chi connectivity index (χ4n) is 3.71. The average Bonchev–Trinajstić information content (AvgIpc) is 2.82. The number of pyridine rings is 1. The molecule has 0 radical (unpaired) electrons. The summed E-state index contributed by atoms with van der Waals surface area (Å²) in [6, 6.07) is 10.7. The van der Waals surface area contributed by atoms with Gasteiger partial charge in [-0.3, -0.25) is 4.31 Å². The lowest BCUT2D eigenvalue weighted by Crippen LogP contribution is -2.38. The number of aromatic nitrogens is 1. The molecule has 0 saturated carbocycles. The molecule has 0 aliphatic carbocycles. The van der Waals surface area contributed by atoms with Crippen molar-refractivity contribution in [3.8, 4) is 11.6 Å². The zero-order valence-electron chi connectivity index (χ0n) is 18.5. The van der Waals surface area contributed by atoms with Crippen molar-refractivity contribution in [3.05, 3.63) is 75.7 Å². The lowest BCUT2D eigenvalue weighted by molar-refractivity contribution is 0.193. The highest BCUT2D eigenvalue weighted by Gasteiger charge is 2.33. The Labute approximate surface area is 212 Å². The Bertz CT molecular complexity index is 1380. The molecule has 0 spiro atoms. The second-order valence-corrected chi connectivity index (χ2v) is 10.3. The van der Waals surface area contributed by atoms with Gasteiger partial charge in [-0.2, -0.15) is 0 Å². The highest BCUT2D eigenvalue weighted by Crippen LogP contribution is 2.39. The number of rotatable bonds is 7. The summed E-state index contributed by atoms with van der Waals surface area (Å²) in [5.41, 5.74) is 1.75. The summed E-state index contributed by atoms with van der Waals surface area (Å²) in [7, 11) is -4.17. The van der Waals surface area contributed by atoms with Crippen LogP contribution in [0.3, 0.4) is 0 Å². The summed E-state index contributed by atoms with van der Waals surface area (Å²) >= 11 is 12.2. The second-order valence-electron chi connectivity index (χ2n) is 7.61. The normalized spacial score (nSPS) is 13.9. The zero-order chi connectivity index (χ0) is 25.2. The van der Waals surface area contributed by atoms with Crippen LogP contribution in [0.4, 0.5) is 10.1 Å². The Morgan fingerprint density at radius 1 is 1.29 bits per heavy atom. The highest BCUT2D eigenvalue weighted by molar-refractivity contribution is 7.93. The molecule has 2 aromatic carbocycles. The van der Waals surface area contributed by atoms with Crippen LogP contribution in [0, 0.1) is 5.82 Å². The number of sulfonamides is 1. The van der Waals surface area contributed by atoms with E-state index in [1.807, 2.05) is 0 Å². The molecule has 0 atom stereocenters. The monoisotopic (exact) mass is 538 g/mol. The minimum atomic E-state index is -4.17. The van der Waals surface area contributed by atoms with E-state index in [-0.39, 0.29) is 52.7 Å². The first-order valence-electron chi connectivity index (χ1n) is 10.5. The number of anilines is 1. The molecular weight excluding hydrogens is 518 g/mol. The second kappa shape index (κ2) is 10.4. The van der Waals surface area contributed by atoms with Gasteiger partial charge in [-0.1, -0.05) is 41.4 Å². The first-order chi connectivity index (χ1) is 16.7. The zero-order valence-corrected chi connectivity index (χ0v) is 20.9. The fourth-order valence-corrected chi connectivity index (χ4v) is 5.81. The Hall–Kier alpha value is -2.85. The summed E-state index contributed by atoms with van der Waals surface area (Å²) < 4.78 is 53.9. The van der Waals surface area contributed by atoms with Gasteiger partial charge in [0.25, 0.3) is 10.0 Å².